The van der Waals surface area contributed by atoms with Crippen molar-refractivity contribution in [1.82, 2.24) is 10.6 Å². The van der Waals surface area contributed by atoms with E-state index >= 15 is 0 Å². The molecule has 7 nitrogen and oxygen atoms in total. The molecule has 1 aromatic rings. The number of urea groups is 1. The smallest absolute Gasteiger partial charge is 0.319 e. The molecule has 3 amide bonds. The first-order valence-electron chi connectivity index (χ1n) is 7.77. The highest BCUT2D eigenvalue weighted by molar-refractivity contribution is 5.94. The number of hydrogen-bond acceptors (Lipinski definition) is 4. The Bertz CT molecular complexity index is 597. The number of amides is 3. The van der Waals surface area contributed by atoms with Gasteiger partial charge >= 0.3 is 6.03 Å². The van der Waals surface area contributed by atoms with Crippen LogP contribution in [0.2, 0.25) is 0 Å². The molecular formula is C16H22FN3O4. The lowest BCUT2D eigenvalue weighted by molar-refractivity contribution is -0.125. The minimum Gasteiger partial charge on any atom is -0.488 e. The Morgan fingerprint density at radius 3 is 2.88 bits per heavy atom. The minimum absolute atomic E-state index is 0.0396. The number of benzene rings is 1. The number of hydrogen-bond donors (Lipinski definition) is 3. The number of rotatable bonds is 6. The molecule has 1 aliphatic rings. The molecule has 0 aromatic heterocycles. The largest absolute Gasteiger partial charge is 0.488 e. The molecule has 1 fully saturated rings. The number of nitrogens with one attached hydrogen (secondary N) is 3. The van der Waals surface area contributed by atoms with Crippen LogP contribution in [0.3, 0.4) is 0 Å². The van der Waals surface area contributed by atoms with Gasteiger partial charge in [0, 0.05) is 25.4 Å². The van der Waals surface area contributed by atoms with Crippen LogP contribution in [0, 0.1) is 11.7 Å². The van der Waals surface area contributed by atoms with Crippen molar-refractivity contribution < 1.29 is 23.5 Å². The van der Waals surface area contributed by atoms with Crippen molar-refractivity contribution in [2.45, 2.75) is 19.4 Å². The van der Waals surface area contributed by atoms with Gasteiger partial charge in [-0.25, -0.2) is 9.18 Å². The maximum atomic E-state index is 13.9. The van der Waals surface area contributed by atoms with Crippen LogP contribution in [-0.4, -0.2) is 44.8 Å². The average molecular weight is 339 g/mol. The summed E-state index contributed by atoms with van der Waals surface area (Å²) in [7, 11) is 1.53. The van der Waals surface area contributed by atoms with Gasteiger partial charge in [0.25, 0.3) is 0 Å². The molecule has 2 atom stereocenters. The van der Waals surface area contributed by atoms with Gasteiger partial charge in [-0.1, -0.05) is 6.92 Å². The molecule has 0 bridgehead atoms. The first-order valence-corrected chi connectivity index (χ1v) is 7.77. The topological polar surface area (TPSA) is 88.7 Å². The van der Waals surface area contributed by atoms with Crippen molar-refractivity contribution in [1.29, 1.82) is 0 Å². The third kappa shape index (κ3) is 4.82. The van der Waals surface area contributed by atoms with Gasteiger partial charge in [-0.05, 0) is 24.5 Å². The molecule has 0 spiro atoms. The van der Waals surface area contributed by atoms with Crippen LogP contribution in [0.1, 0.15) is 13.3 Å². The molecule has 2 rings (SSSR count). The normalized spacial score (nSPS) is 20.2. The maximum absolute atomic E-state index is 13.9. The molecule has 1 aromatic carbocycles. The summed E-state index contributed by atoms with van der Waals surface area (Å²) in [5, 5.41) is 7.83. The molecule has 3 N–H and O–H groups in total. The Kier molecular flexibility index (Phi) is 6.36. The van der Waals surface area contributed by atoms with Gasteiger partial charge in [-0.3, -0.25) is 4.79 Å². The fourth-order valence-corrected chi connectivity index (χ4v) is 2.40. The van der Waals surface area contributed by atoms with Gasteiger partial charge in [0.15, 0.2) is 11.6 Å². The summed E-state index contributed by atoms with van der Waals surface area (Å²) in [5.74, 6) is -0.680. The van der Waals surface area contributed by atoms with Crippen molar-refractivity contribution in [2.75, 3.05) is 32.2 Å². The highest BCUT2D eigenvalue weighted by Gasteiger charge is 2.30. The van der Waals surface area contributed by atoms with Gasteiger partial charge in [0.2, 0.25) is 5.91 Å². The molecule has 1 heterocycles. The van der Waals surface area contributed by atoms with Crippen molar-refractivity contribution in [3.8, 4) is 5.75 Å². The molecule has 0 saturated carbocycles. The van der Waals surface area contributed by atoms with Crippen LogP contribution >= 0.6 is 0 Å². The highest BCUT2D eigenvalue weighted by Crippen LogP contribution is 2.21. The second kappa shape index (κ2) is 8.49. The van der Waals surface area contributed by atoms with Gasteiger partial charge < -0.3 is 25.4 Å². The number of anilines is 1. The van der Waals surface area contributed by atoms with Crippen LogP contribution in [-0.2, 0) is 9.53 Å². The molecule has 8 heteroatoms. The van der Waals surface area contributed by atoms with Crippen LogP contribution in [0.4, 0.5) is 14.9 Å². The second-order valence-corrected chi connectivity index (χ2v) is 5.62. The number of carbonyl (C=O) groups is 2. The SMILES string of the molecule is COCCOc1ccc(NC(=O)N[C@H]2C(=O)NCC[C@H]2C)cc1F. The fraction of sp³-hybridized carbons (Fsp3) is 0.500. The summed E-state index contributed by atoms with van der Waals surface area (Å²) >= 11 is 0. The van der Waals surface area contributed by atoms with Gasteiger partial charge in [-0.15, -0.1) is 0 Å². The number of halogens is 1. The highest BCUT2D eigenvalue weighted by atomic mass is 19.1. The Morgan fingerprint density at radius 2 is 2.21 bits per heavy atom. The average Bonchev–Trinajstić information content (AvgIpc) is 2.53. The van der Waals surface area contributed by atoms with Crippen LogP contribution in [0.25, 0.3) is 0 Å². The van der Waals surface area contributed by atoms with Crippen molar-refractivity contribution in [3.63, 3.8) is 0 Å². The van der Waals surface area contributed by atoms with Crippen LogP contribution in [0.5, 0.6) is 5.75 Å². The predicted octanol–water partition coefficient (Wildman–Crippen LogP) is 1.50. The Morgan fingerprint density at radius 1 is 1.42 bits per heavy atom. The summed E-state index contributed by atoms with van der Waals surface area (Å²) in [6.45, 7) is 3.09. The predicted molar refractivity (Wildman–Crippen MR) is 86.5 cm³/mol. The number of ether oxygens (including phenoxy) is 2. The van der Waals surface area contributed by atoms with E-state index in [0.717, 1.165) is 12.5 Å². The molecule has 0 aliphatic carbocycles. The Labute approximate surface area is 139 Å². The van der Waals surface area contributed by atoms with Crippen molar-refractivity contribution in [3.05, 3.63) is 24.0 Å². The van der Waals surface area contributed by atoms with Gasteiger partial charge in [0.05, 0.1) is 6.61 Å². The zero-order valence-corrected chi connectivity index (χ0v) is 13.7. The molecular weight excluding hydrogens is 317 g/mol. The lowest BCUT2D eigenvalue weighted by Gasteiger charge is -2.28. The fourth-order valence-electron chi connectivity index (χ4n) is 2.40. The number of piperidine rings is 1. The zero-order valence-electron chi connectivity index (χ0n) is 13.7. The minimum atomic E-state index is -0.597. The summed E-state index contributed by atoms with van der Waals surface area (Å²) < 4.78 is 23.9. The van der Waals surface area contributed by atoms with Crippen molar-refractivity contribution in [2.24, 2.45) is 5.92 Å². The zero-order chi connectivity index (χ0) is 17.5. The molecule has 1 saturated heterocycles. The molecule has 0 unspecified atom stereocenters. The standard InChI is InChI=1S/C16H22FN3O4/c1-10-5-6-18-15(21)14(10)20-16(22)19-11-3-4-13(12(17)9-11)24-8-7-23-2/h3-4,9-10,14H,5-8H2,1-2H3,(H,18,21)(H2,19,20,22)/t10-,14-/m1/s1. The summed E-state index contributed by atoms with van der Waals surface area (Å²) in [6.07, 6.45) is 0.791. The monoisotopic (exact) mass is 339 g/mol. The number of carbonyl (C=O) groups excluding carboxylic acids is 2. The Balaban J connectivity index is 1.91. The van der Waals surface area contributed by atoms with E-state index in [-0.39, 0.29) is 29.9 Å². The maximum Gasteiger partial charge on any atom is 0.319 e. The first kappa shape index (κ1) is 18.0. The van der Waals surface area contributed by atoms with Crippen molar-refractivity contribution >= 4 is 17.6 Å². The summed E-state index contributed by atoms with van der Waals surface area (Å²) in [5.41, 5.74) is 0.271. The third-order valence-corrected chi connectivity index (χ3v) is 3.77. The van der Waals surface area contributed by atoms with E-state index in [1.807, 2.05) is 6.92 Å². The summed E-state index contributed by atoms with van der Waals surface area (Å²) in [6, 6.07) is 2.95. The van der Waals surface area contributed by atoms with Gasteiger partial charge in [-0.2, -0.15) is 0 Å². The lowest BCUT2D eigenvalue weighted by Crippen LogP contribution is -2.55. The molecule has 132 valence electrons. The quantitative estimate of drug-likeness (QED) is 0.685. The molecule has 24 heavy (non-hydrogen) atoms. The van der Waals surface area contributed by atoms with Crippen LogP contribution in [0.15, 0.2) is 18.2 Å². The third-order valence-electron chi connectivity index (χ3n) is 3.77. The molecule has 1 aliphatic heterocycles. The molecule has 0 radical (unpaired) electrons. The lowest BCUT2D eigenvalue weighted by atomic mass is 9.94. The van der Waals surface area contributed by atoms with E-state index in [1.165, 1.54) is 19.2 Å². The van der Waals surface area contributed by atoms with E-state index < -0.39 is 17.9 Å². The van der Waals surface area contributed by atoms with Crippen LogP contribution < -0.4 is 20.7 Å². The Hall–Kier alpha value is -2.35. The van der Waals surface area contributed by atoms with E-state index in [9.17, 15) is 14.0 Å². The van der Waals surface area contributed by atoms with Gasteiger partial charge in [0.1, 0.15) is 12.6 Å². The van der Waals surface area contributed by atoms with E-state index in [2.05, 4.69) is 16.0 Å². The van der Waals surface area contributed by atoms with E-state index in [0.29, 0.717) is 13.2 Å². The second-order valence-electron chi connectivity index (χ2n) is 5.62. The van der Waals surface area contributed by atoms with E-state index in [4.69, 9.17) is 9.47 Å². The first-order chi connectivity index (χ1) is 11.5. The summed E-state index contributed by atoms with van der Waals surface area (Å²) in [4.78, 5) is 23.8. The number of methoxy groups -OCH3 is 1. The van der Waals surface area contributed by atoms with E-state index in [1.54, 1.807) is 0 Å².